The summed E-state index contributed by atoms with van der Waals surface area (Å²) in [5.74, 6) is 5.31. The van der Waals surface area contributed by atoms with Crippen LogP contribution in [-0.4, -0.2) is 7.05 Å². The van der Waals surface area contributed by atoms with Crippen LogP contribution >= 0.6 is 11.6 Å². The second-order valence-electron chi connectivity index (χ2n) is 2.44. The van der Waals surface area contributed by atoms with Crippen LogP contribution < -0.4 is 16.6 Å². The third-order valence-electron chi connectivity index (χ3n) is 1.66. The summed E-state index contributed by atoms with van der Waals surface area (Å²) < 4.78 is 0. The lowest BCUT2D eigenvalue weighted by molar-refractivity contribution is 0.489. The fourth-order valence-electron chi connectivity index (χ4n) is 1.00. The van der Waals surface area contributed by atoms with Crippen molar-refractivity contribution in [1.82, 2.24) is 10.7 Å². The van der Waals surface area contributed by atoms with Crippen LogP contribution in [0.1, 0.15) is 11.7 Å². The Balaban J connectivity index is 2.80. The minimum Gasteiger partial charge on any atom is -0.300 e. The van der Waals surface area contributed by atoms with Crippen molar-refractivity contribution in [3.63, 3.8) is 0 Å². The highest BCUT2D eigenvalue weighted by molar-refractivity contribution is 6.30. The number of halogens is 1. The highest BCUT2D eigenvalue weighted by Crippen LogP contribution is 2.13. The fourth-order valence-corrected chi connectivity index (χ4v) is 1.13. The largest absolute Gasteiger partial charge is 0.300 e. The van der Waals surface area contributed by atoms with Crippen LogP contribution in [-0.2, 0) is 0 Å². The smallest absolute Gasteiger partial charge is 0.0958 e. The molecule has 0 saturated heterocycles. The van der Waals surface area contributed by atoms with Crippen molar-refractivity contribution in [2.45, 2.75) is 6.17 Å². The fraction of sp³-hybridized carbons (Fsp3) is 0.250. The number of nitrogens with one attached hydrogen (secondary N) is 2. The van der Waals surface area contributed by atoms with Gasteiger partial charge in [-0.1, -0.05) is 23.7 Å². The molecule has 12 heavy (non-hydrogen) atoms. The van der Waals surface area contributed by atoms with Crippen LogP contribution in [0.4, 0.5) is 0 Å². The molecular formula is C8H12ClN3. The standard InChI is InChI=1S/C8H12ClN3/c1-11-8(12-10)6-2-4-7(9)5-3-6/h2-5,8,11-12H,10H2,1H3. The van der Waals surface area contributed by atoms with E-state index in [-0.39, 0.29) is 6.17 Å². The van der Waals surface area contributed by atoms with Gasteiger partial charge in [-0.2, -0.15) is 0 Å². The molecule has 0 amide bonds. The summed E-state index contributed by atoms with van der Waals surface area (Å²) in [6.07, 6.45) is -0.0257. The van der Waals surface area contributed by atoms with Gasteiger partial charge in [0.2, 0.25) is 0 Å². The molecule has 0 heterocycles. The van der Waals surface area contributed by atoms with Crippen molar-refractivity contribution in [3.8, 4) is 0 Å². The summed E-state index contributed by atoms with van der Waals surface area (Å²) in [6.45, 7) is 0. The van der Waals surface area contributed by atoms with Gasteiger partial charge in [0, 0.05) is 5.02 Å². The van der Waals surface area contributed by atoms with Crippen molar-refractivity contribution in [3.05, 3.63) is 34.9 Å². The van der Waals surface area contributed by atoms with Gasteiger partial charge in [0.05, 0.1) is 6.17 Å². The average molecular weight is 186 g/mol. The van der Waals surface area contributed by atoms with Gasteiger partial charge in [0.25, 0.3) is 0 Å². The first-order chi connectivity index (χ1) is 5.77. The molecule has 0 aliphatic rings. The van der Waals surface area contributed by atoms with Gasteiger partial charge in [0.15, 0.2) is 0 Å². The molecule has 0 aromatic heterocycles. The van der Waals surface area contributed by atoms with Gasteiger partial charge in [-0.05, 0) is 24.7 Å². The van der Waals surface area contributed by atoms with Crippen LogP contribution in [0.2, 0.25) is 5.02 Å². The number of hydrazine groups is 1. The molecule has 0 spiro atoms. The van der Waals surface area contributed by atoms with Gasteiger partial charge >= 0.3 is 0 Å². The normalized spacial score (nSPS) is 12.9. The van der Waals surface area contributed by atoms with Crippen molar-refractivity contribution in [1.29, 1.82) is 0 Å². The molecule has 1 unspecified atom stereocenters. The van der Waals surface area contributed by atoms with Crippen LogP contribution in [0.3, 0.4) is 0 Å². The zero-order valence-corrected chi connectivity index (χ0v) is 7.60. The van der Waals surface area contributed by atoms with Gasteiger partial charge in [-0.25, -0.2) is 5.43 Å². The maximum atomic E-state index is 5.73. The van der Waals surface area contributed by atoms with E-state index in [9.17, 15) is 0 Å². The molecule has 4 N–H and O–H groups in total. The molecule has 4 heteroatoms. The second kappa shape index (κ2) is 4.42. The van der Waals surface area contributed by atoms with Crippen molar-refractivity contribution >= 4 is 11.6 Å². The second-order valence-corrected chi connectivity index (χ2v) is 2.88. The van der Waals surface area contributed by atoms with Gasteiger partial charge in [-0.3, -0.25) is 5.84 Å². The highest BCUT2D eigenvalue weighted by Gasteiger charge is 2.04. The summed E-state index contributed by atoms with van der Waals surface area (Å²) in [7, 11) is 1.83. The van der Waals surface area contributed by atoms with Gasteiger partial charge in [-0.15, -0.1) is 0 Å². The quantitative estimate of drug-likeness (QED) is 0.375. The molecule has 1 aromatic carbocycles. The first kappa shape index (κ1) is 9.48. The zero-order chi connectivity index (χ0) is 8.97. The molecule has 0 bridgehead atoms. The monoisotopic (exact) mass is 185 g/mol. The number of nitrogens with two attached hydrogens (primary N) is 1. The van der Waals surface area contributed by atoms with Gasteiger partial charge < -0.3 is 5.32 Å². The number of hydrogen-bond donors (Lipinski definition) is 3. The van der Waals surface area contributed by atoms with E-state index in [1.54, 1.807) is 0 Å². The highest BCUT2D eigenvalue weighted by atomic mass is 35.5. The molecule has 0 aliphatic heterocycles. The molecule has 1 atom stereocenters. The summed E-state index contributed by atoms with van der Waals surface area (Å²) in [6, 6.07) is 7.50. The minimum absolute atomic E-state index is 0.0257. The Labute approximate surface area is 76.9 Å². The summed E-state index contributed by atoms with van der Waals surface area (Å²) in [4.78, 5) is 0. The average Bonchev–Trinajstić information content (AvgIpc) is 2.10. The first-order valence-corrected chi connectivity index (χ1v) is 4.04. The van der Waals surface area contributed by atoms with E-state index in [0.717, 1.165) is 10.6 Å². The lowest BCUT2D eigenvalue weighted by Crippen LogP contribution is -2.36. The predicted octanol–water partition coefficient (Wildman–Crippen LogP) is 1.02. The Morgan fingerprint density at radius 2 is 1.92 bits per heavy atom. The lowest BCUT2D eigenvalue weighted by atomic mass is 10.2. The topological polar surface area (TPSA) is 50.1 Å². The van der Waals surface area contributed by atoms with E-state index in [1.807, 2.05) is 31.3 Å². The first-order valence-electron chi connectivity index (χ1n) is 3.67. The third kappa shape index (κ3) is 2.19. The van der Waals surface area contributed by atoms with Crippen LogP contribution in [0.25, 0.3) is 0 Å². The molecule has 3 nitrogen and oxygen atoms in total. The summed E-state index contributed by atoms with van der Waals surface area (Å²) in [5, 5.41) is 3.74. The van der Waals surface area contributed by atoms with E-state index < -0.39 is 0 Å². The Hall–Kier alpha value is -0.610. The SMILES string of the molecule is CNC(NN)c1ccc(Cl)cc1. The van der Waals surface area contributed by atoms with Crippen LogP contribution in [0.15, 0.2) is 24.3 Å². The van der Waals surface area contributed by atoms with E-state index >= 15 is 0 Å². The van der Waals surface area contributed by atoms with Crippen molar-refractivity contribution < 1.29 is 0 Å². The van der Waals surface area contributed by atoms with Crippen molar-refractivity contribution in [2.75, 3.05) is 7.05 Å². The molecular weight excluding hydrogens is 174 g/mol. The molecule has 0 fully saturated rings. The Morgan fingerprint density at radius 1 is 1.33 bits per heavy atom. The van der Waals surface area contributed by atoms with Crippen LogP contribution in [0, 0.1) is 0 Å². The molecule has 1 aromatic rings. The minimum atomic E-state index is -0.0257. The molecule has 0 radical (unpaired) electrons. The molecule has 0 aliphatic carbocycles. The number of hydrogen-bond acceptors (Lipinski definition) is 3. The van der Waals surface area contributed by atoms with E-state index in [2.05, 4.69) is 10.7 Å². The van der Waals surface area contributed by atoms with Crippen molar-refractivity contribution in [2.24, 2.45) is 5.84 Å². The van der Waals surface area contributed by atoms with E-state index in [4.69, 9.17) is 17.4 Å². The summed E-state index contributed by atoms with van der Waals surface area (Å²) in [5.41, 5.74) is 3.69. The molecule has 0 saturated carbocycles. The molecule has 66 valence electrons. The Morgan fingerprint density at radius 3 is 2.33 bits per heavy atom. The van der Waals surface area contributed by atoms with E-state index in [1.165, 1.54) is 0 Å². The predicted molar refractivity (Wildman–Crippen MR) is 50.6 cm³/mol. The number of rotatable bonds is 3. The molecule has 1 rings (SSSR count). The summed E-state index contributed by atoms with van der Waals surface area (Å²) >= 11 is 5.73. The Kier molecular flexibility index (Phi) is 3.49. The zero-order valence-electron chi connectivity index (χ0n) is 6.84. The lowest BCUT2D eigenvalue weighted by Gasteiger charge is -2.14. The van der Waals surface area contributed by atoms with E-state index in [0.29, 0.717) is 0 Å². The number of benzene rings is 1. The Bertz CT molecular complexity index is 231. The van der Waals surface area contributed by atoms with Gasteiger partial charge in [0.1, 0.15) is 0 Å². The van der Waals surface area contributed by atoms with Crippen LogP contribution in [0.5, 0.6) is 0 Å². The maximum Gasteiger partial charge on any atom is 0.0958 e. The maximum absolute atomic E-state index is 5.73. The third-order valence-corrected chi connectivity index (χ3v) is 1.91.